The van der Waals surface area contributed by atoms with E-state index >= 15 is 0 Å². The maximum absolute atomic E-state index is 5.41. The topological polar surface area (TPSA) is 128 Å². The van der Waals surface area contributed by atoms with Crippen LogP contribution in [0.4, 0.5) is 0 Å². The van der Waals surface area contributed by atoms with Gasteiger partial charge in [0.05, 0.1) is 79.3 Å². The first-order chi connectivity index (χ1) is 18.0. The molecule has 0 aliphatic carbocycles. The molecule has 36 heavy (non-hydrogen) atoms. The van der Waals surface area contributed by atoms with Crippen LogP contribution in [0.1, 0.15) is 0 Å². The largest absolute Gasteiger partial charge is 0.379 e. The molecule has 0 aromatic carbocycles. The maximum Gasteiger partial charge on any atom is 0.0701 e. The van der Waals surface area contributed by atoms with Crippen molar-refractivity contribution in [2.24, 2.45) is 0 Å². The highest BCUT2D eigenvalue weighted by Crippen LogP contribution is 1.81. The van der Waals surface area contributed by atoms with Gasteiger partial charge in [0.2, 0.25) is 0 Å². The van der Waals surface area contributed by atoms with Crippen LogP contribution in [0.15, 0.2) is 0 Å². The summed E-state index contributed by atoms with van der Waals surface area (Å²) in [7, 11) is 0. The Morgan fingerprint density at radius 2 is 0.361 bits per heavy atom. The summed E-state index contributed by atoms with van der Waals surface area (Å²) in [5.74, 6) is 0. The van der Waals surface area contributed by atoms with Crippen LogP contribution in [0.25, 0.3) is 0 Å². The molecular weight excluding hydrogens is 468 g/mol. The first kappa shape index (κ1) is 33.5. The van der Waals surface area contributed by atoms with E-state index in [0.29, 0.717) is 52.9 Å². The molecule has 3 saturated heterocycles. The van der Waals surface area contributed by atoms with Crippen LogP contribution in [0.2, 0.25) is 0 Å². The Kier molecular flexibility index (Phi) is 28.6. The summed E-state index contributed by atoms with van der Waals surface area (Å²) < 4.78 is 32.3. The molecule has 0 aromatic rings. The minimum absolute atomic E-state index is 0.654. The molecule has 0 aromatic heterocycles. The third-order valence-electron chi connectivity index (χ3n) is 5.09. The van der Waals surface area contributed by atoms with E-state index in [0.717, 1.165) is 105 Å². The van der Waals surface area contributed by atoms with Gasteiger partial charge in [0.15, 0.2) is 0 Å². The fourth-order valence-electron chi connectivity index (χ4n) is 3.11. The second-order valence-corrected chi connectivity index (χ2v) is 8.17. The van der Waals surface area contributed by atoms with E-state index < -0.39 is 0 Å². The highest BCUT2D eigenvalue weighted by Gasteiger charge is 1.96. The monoisotopic (exact) mass is 522 g/mol. The van der Waals surface area contributed by atoms with Crippen molar-refractivity contribution < 1.29 is 28.4 Å². The van der Waals surface area contributed by atoms with Crippen LogP contribution in [0, 0.1) is 0 Å². The van der Waals surface area contributed by atoms with E-state index in [9.17, 15) is 0 Å². The Bertz CT molecular complexity index is 284. The van der Waals surface area contributed by atoms with Crippen molar-refractivity contribution in [3.8, 4) is 0 Å². The molecule has 0 amide bonds. The van der Waals surface area contributed by atoms with E-state index in [2.05, 4.69) is 31.9 Å². The molecule has 6 N–H and O–H groups in total. The van der Waals surface area contributed by atoms with Gasteiger partial charge in [0.25, 0.3) is 0 Å². The quantitative estimate of drug-likeness (QED) is 0.204. The number of rotatable bonds is 0. The molecular formula is C24H54N6O6. The van der Waals surface area contributed by atoms with Crippen molar-refractivity contribution in [3.63, 3.8) is 0 Å². The van der Waals surface area contributed by atoms with Crippen LogP contribution < -0.4 is 31.9 Å². The lowest BCUT2D eigenvalue weighted by Crippen LogP contribution is -2.39. The van der Waals surface area contributed by atoms with E-state index in [4.69, 9.17) is 28.4 Å². The van der Waals surface area contributed by atoms with Crippen LogP contribution >= 0.6 is 0 Å². The molecule has 3 aliphatic rings. The second-order valence-electron chi connectivity index (χ2n) is 8.17. The SMILES string of the molecule is C1CNCCN1.C1COCCNCCOCCN1.C1COCCOCCNCCOCCOCCN1. The molecule has 0 spiro atoms. The zero-order valence-corrected chi connectivity index (χ0v) is 22.4. The van der Waals surface area contributed by atoms with Crippen molar-refractivity contribution in [2.45, 2.75) is 0 Å². The average Bonchev–Trinajstić information content (AvgIpc) is 2.91. The summed E-state index contributed by atoms with van der Waals surface area (Å²) in [6.45, 7) is 20.3. The predicted molar refractivity (Wildman–Crippen MR) is 142 cm³/mol. The highest BCUT2D eigenvalue weighted by molar-refractivity contribution is 4.59. The Morgan fingerprint density at radius 1 is 0.194 bits per heavy atom. The summed E-state index contributed by atoms with van der Waals surface area (Å²) in [4.78, 5) is 0. The Balaban J connectivity index is 0.000000306. The third kappa shape index (κ3) is 28.1. The molecule has 3 fully saturated rings. The minimum atomic E-state index is 0.654. The number of nitrogens with one attached hydrogen (secondary N) is 6. The van der Waals surface area contributed by atoms with Crippen LogP contribution in [-0.2, 0) is 28.4 Å². The zero-order chi connectivity index (χ0) is 25.5. The van der Waals surface area contributed by atoms with Gasteiger partial charge in [-0.1, -0.05) is 0 Å². The Labute approximate surface area is 218 Å². The Morgan fingerprint density at radius 3 is 0.556 bits per heavy atom. The zero-order valence-electron chi connectivity index (χ0n) is 22.4. The first-order valence-corrected chi connectivity index (χ1v) is 13.7. The van der Waals surface area contributed by atoms with Crippen molar-refractivity contribution in [2.75, 3.05) is 158 Å². The molecule has 3 aliphatic heterocycles. The van der Waals surface area contributed by atoms with Gasteiger partial charge in [-0.25, -0.2) is 0 Å². The number of hydrogen-bond donors (Lipinski definition) is 6. The van der Waals surface area contributed by atoms with Crippen molar-refractivity contribution >= 4 is 0 Å². The molecule has 3 heterocycles. The minimum Gasteiger partial charge on any atom is -0.379 e. The maximum atomic E-state index is 5.41. The highest BCUT2D eigenvalue weighted by atomic mass is 16.5. The van der Waals surface area contributed by atoms with E-state index in [1.807, 2.05) is 0 Å². The number of piperazine rings is 1. The van der Waals surface area contributed by atoms with Gasteiger partial charge in [-0.3, -0.25) is 0 Å². The molecule has 0 radical (unpaired) electrons. The molecule has 3 rings (SSSR count). The number of hydrogen-bond acceptors (Lipinski definition) is 12. The lowest BCUT2D eigenvalue weighted by atomic mass is 10.4. The summed E-state index contributed by atoms with van der Waals surface area (Å²) in [6.07, 6.45) is 0. The summed E-state index contributed by atoms with van der Waals surface area (Å²) in [6, 6.07) is 0. The van der Waals surface area contributed by atoms with Gasteiger partial charge in [0, 0.05) is 78.5 Å². The third-order valence-corrected chi connectivity index (χ3v) is 5.09. The van der Waals surface area contributed by atoms with Crippen molar-refractivity contribution in [1.29, 1.82) is 0 Å². The first-order valence-electron chi connectivity index (χ1n) is 13.7. The van der Waals surface area contributed by atoms with E-state index in [1.54, 1.807) is 0 Å². The van der Waals surface area contributed by atoms with Gasteiger partial charge >= 0.3 is 0 Å². The molecule has 0 saturated carbocycles. The fourth-order valence-corrected chi connectivity index (χ4v) is 3.11. The van der Waals surface area contributed by atoms with Crippen LogP contribution in [0.5, 0.6) is 0 Å². The van der Waals surface area contributed by atoms with Gasteiger partial charge in [0.1, 0.15) is 0 Å². The second kappa shape index (κ2) is 30.7. The molecule has 12 heteroatoms. The van der Waals surface area contributed by atoms with Gasteiger partial charge in [-0.2, -0.15) is 0 Å². The van der Waals surface area contributed by atoms with Gasteiger partial charge < -0.3 is 60.3 Å². The molecule has 0 unspecified atom stereocenters. The smallest absolute Gasteiger partial charge is 0.0701 e. The molecule has 0 atom stereocenters. The molecule has 12 nitrogen and oxygen atoms in total. The van der Waals surface area contributed by atoms with Crippen LogP contribution in [-0.4, -0.2) is 158 Å². The van der Waals surface area contributed by atoms with E-state index in [1.165, 1.54) is 0 Å². The lowest BCUT2D eigenvalue weighted by molar-refractivity contribution is 0.0383. The normalized spacial score (nSPS) is 24.0. The van der Waals surface area contributed by atoms with Crippen molar-refractivity contribution in [3.05, 3.63) is 0 Å². The van der Waals surface area contributed by atoms with Gasteiger partial charge in [-0.15, -0.1) is 0 Å². The standard InChI is InChI=1S/C12H26N2O4.C8H18N2O2.C4H10N2/c1-5-15-9-10-17-7-3-14-4-8-18-12-11-16-6-2-13-1;1-5-11-7-3-10-4-8-12-6-2-9-1;1-2-6-4-3-5-1/h13-14H,1-12H2;9-10H,1-8H2;5-6H,1-4H2. The molecule has 0 bridgehead atoms. The van der Waals surface area contributed by atoms with Crippen LogP contribution in [0.3, 0.4) is 0 Å². The van der Waals surface area contributed by atoms with Crippen molar-refractivity contribution in [1.82, 2.24) is 31.9 Å². The summed E-state index contributed by atoms with van der Waals surface area (Å²) >= 11 is 0. The predicted octanol–water partition coefficient (Wildman–Crippen LogP) is -2.36. The Hall–Kier alpha value is -0.480. The van der Waals surface area contributed by atoms with E-state index in [-0.39, 0.29) is 0 Å². The molecule has 216 valence electrons. The average molecular weight is 523 g/mol. The summed E-state index contributed by atoms with van der Waals surface area (Å²) in [5, 5.41) is 19.4. The number of ether oxygens (including phenoxy) is 6. The fraction of sp³-hybridized carbons (Fsp3) is 1.00. The lowest BCUT2D eigenvalue weighted by Gasteiger charge is -2.11. The van der Waals surface area contributed by atoms with Gasteiger partial charge in [-0.05, 0) is 0 Å². The summed E-state index contributed by atoms with van der Waals surface area (Å²) in [5.41, 5.74) is 0.